The van der Waals surface area contributed by atoms with Crippen LogP contribution in [0.4, 0.5) is 4.39 Å². The Hall–Kier alpha value is -2.34. The van der Waals surface area contributed by atoms with E-state index in [0.717, 1.165) is 16.9 Å². The molecule has 4 nitrogen and oxygen atoms in total. The van der Waals surface area contributed by atoms with E-state index in [4.69, 9.17) is 0 Å². The van der Waals surface area contributed by atoms with Gasteiger partial charge in [-0.15, -0.1) is 11.8 Å². The second-order valence-corrected chi connectivity index (χ2v) is 8.44. The normalized spacial score (nSPS) is 11.7. The smallest absolute Gasteiger partial charge is 0.242 e. The molecule has 2 rings (SSSR count). The Morgan fingerprint density at radius 2 is 1.73 bits per heavy atom. The van der Waals surface area contributed by atoms with Crippen LogP contribution >= 0.6 is 11.8 Å². The number of nitrogens with zero attached hydrogens (tertiary/aromatic N) is 1. The molecule has 1 N–H and O–H groups in total. The second kappa shape index (κ2) is 12.4. The van der Waals surface area contributed by atoms with Gasteiger partial charge in [0.2, 0.25) is 11.8 Å². The molecule has 0 radical (unpaired) electrons. The highest BCUT2D eigenvalue weighted by Gasteiger charge is 2.28. The van der Waals surface area contributed by atoms with Crippen LogP contribution in [0.5, 0.6) is 0 Å². The number of aryl methyl sites for hydroxylation is 1. The molecule has 2 aromatic carbocycles. The fraction of sp³-hybridized carbons (Fsp3) is 0.417. The van der Waals surface area contributed by atoms with Crippen molar-refractivity contribution in [1.82, 2.24) is 10.2 Å². The number of hydrogen-bond acceptors (Lipinski definition) is 3. The lowest BCUT2D eigenvalue weighted by Crippen LogP contribution is -2.49. The van der Waals surface area contributed by atoms with Crippen LogP contribution in [-0.2, 0) is 16.1 Å². The minimum atomic E-state index is -0.543. The molecular formula is C24H31FN2O2S. The average molecular weight is 431 g/mol. The van der Waals surface area contributed by atoms with Gasteiger partial charge in [0.05, 0.1) is 0 Å². The number of nitrogens with one attached hydrogen (secondary N) is 1. The highest BCUT2D eigenvalue weighted by molar-refractivity contribution is 7.99. The molecule has 0 spiro atoms. The van der Waals surface area contributed by atoms with Crippen LogP contribution in [0.1, 0.15) is 44.2 Å². The van der Waals surface area contributed by atoms with E-state index in [1.54, 1.807) is 28.8 Å². The summed E-state index contributed by atoms with van der Waals surface area (Å²) in [5.74, 6) is 0.103. The summed E-state index contributed by atoms with van der Waals surface area (Å²) in [7, 11) is 0. The molecule has 6 heteroatoms. The van der Waals surface area contributed by atoms with Gasteiger partial charge >= 0.3 is 0 Å². The monoisotopic (exact) mass is 430 g/mol. The van der Waals surface area contributed by atoms with Gasteiger partial charge in [0.1, 0.15) is 11.9 Å². The standard InChI is InChI=1S/C24H31FN2O2S/c1-4-15-26-24(29)22(5-2)27(17-19-8-10-20(25)11-9-19)23(28)14-16-30-21-12-6-18(3)7-13-21/h6-13,22H,4-5,14-17H2,1-3H3,(H,26,29)/t22-/m0/s1. The quantitative estimate of drug-likeness (QED) is 0.513. The lowest BCUT2D eigenvalue weighted by atomic mass is 10.1. The summed E-state index contributed by atoms with van der Waals surface area (Å²) in [6, 6.07) is 13.7. The molecule has 30 heavy (non-hydrogen) atoms. The van der Waals surface area contributed by atoms with Crippen molar-refractivity contribution in [3.63, 3.8) is 0 Å². The number of carbonyl (C=O) groups excluding carboxylic acids is 2. The Balaban J connectivity index is 2.09. The minimum Gasteiger partial charge on any atom is -0.354 e. The number of benzene rings is 2. The first-order valence-corrected chi connectivity index (χ1v) is 11.4. The van der Waals surface area contributed by atoms with E-state index < -0.39 is 6.04 Å². The third kappa shape index (κ3) is 7.48. The van der Waals surface area contributed by atoms with E-state index in [2.05, 4.69) is 17.4 Å². The van der Waals surface area contributed by atoms with Crippen LogP contribution < -0.4 is 5.32 Å². The first-order chi connectivity index (χ1) is 14.4. The molecule has 1 atom stereocenters. The highest BCUT2D eigenvalue weighted by atomic mass is 32.2. The maximum Gasteiger partial charge on any atom is 0.242 e. The highest BCUT2D eigenvalue weighted by Crippen LogP contribution is 2.21. The van der Waals surface area contributed by atoms with Gasteiger partial charge in [0.15, 0.2) is 0 Å². The third-order valence-corrected chi connectivity index (χ3v) is 5.82. The van der Waals surface area contributed by atoms with Crippen molar-refractivity contribution in [1.29, 1.82) is 0 Å². The van der Waals surface area contributed by atoms with E-state index in [0.29, 0.717) is 25.1 Å². The van der Waals surface area contributed by atoms with E-state index >= 15 is 0 Å². The zero-order valence-electron chi connectivity index (χ0n) is 18.0. The van der Waals surface area contributed by atoms with E-state index in [9.17, 15) is 14.0 Å². The molecule has 0 saturated carbocycles. The van der Waals surface area contributed by atoms with Gasteiger partial charge in [-0.1, -0.05) is 43.7 Å². The Labute approximate surface area is 183 Å². The second-order valence-electron chi connectivity index (χ2n) is 7.27. The number of amides is 2. The zero-order chi connectivity index (χ0) is 21.9. The molecule has 0 bridgehead atoms. The largest absolute Gasteiger partial charge is 0.354 e. The molecule has 2 aromatic rings. The maximum absolute atomic E-state index is 13.3. The zero-order valence-corrected chi connectivity index (χ0v) is 18.8. The molecule has 0 aliphatic rings. The van der Waals surface area contributed by atoms with Gasteiger partial charge in [-0.05, 0) is 49.6 Å². The SMILES string of the molecule is CCCNC(=O)[C@H](CC)N(Cc1ccc(F)cc1)C(=O)CCSc1ccc(C)cc1. The number of halogens is 1. The van der Waals surface area contributed by atoms with Gasteiger partial charge in [-0.25, -0.2) is 4.39 Å². The van der Waals surface area contributed by atoms with Crippen LogP contribution in [0, 0.1) is 12.7 Å². The molecule has 0 saturated heterocycles. The molecule has 0 aromatic heterocycles. The van der Waals surface area contributed by atoms with Gasteiger partial charge in [-0.2, -0.15) is 0 Å². The van der Waals surface area contributed by atoms with Crippen molar-refractivity contribution >= 4 is 23.6 Å². The molecule has 0 fully saturated rings. The number of thioether (sulfide) groups is 1. The third-order valence-electron chi connectivity index (χ3n) is 4.81. The van der Waals surface area contributed by atoms with Crippen molar-refractivity contribution in [2.45, 2.75) is 57.5 Å². The predicted octanol–water partition coefficient (Wildman–Crippen LogP) is 4.95. The molecule has 0 aliphatic heterocycles. The van der Waals surface area contributed by atoms with Gasteiger partial charge in [-0.3, -0.25) is 9.59 Å². The maximum atomic E-state index is 13.3. The van der Waals surface area contributed by atoms with Crippen LogP contribution in [0.15, 0.2) is 53.4 Å². The van der Waals surface area contributed by atoms with Crippen LogP contribution in [0.3, 0.4) is 0 Å². The summed E-state index contributed by atoms with van der Waals surface area (Å²) in [6.45, 7) is 6.80. The Morgan fingerprint density at radius 3 is 2.33 bits per heavy atom. The van der Waals surface area contributed by atoms with E-state index in [-0.39, 0.29) is 24.2 Å². The van der Waals surface area contributed by atoms with Crippen molar-refractivity contribution in [3.05, 3.63) is 65.5 Å². The van der Waals surface area contributed by atoms with Crippen LogP contribution in [-0.4, -0.2) is 35.1 Å². The molecule has 0 heterocycles. The fourth-order valence-electron chi connectivity index (χ4n) is 3.11. The lowest BCUT2D eigenvalue weighted by Gasteiger charge is -2.30. The Bertz CT molecular complexity index is 809. The first kappa shape index (κ1) is 23.9. The van der Waals surface area contributed by atoms with E-state index in [1.807, 2.05) is 32.9 Å². The molecule has 0 aliphatic carbocycles. The van der Waals surface area contributed by atoms with Crippen molar-refractivity contribution < 1.29 is 14.0 Å². The summed E-state index contributed by atoms with van der Waals surface area (Å²) < 4.78 is 13.3. The van der Waals surface area contributed by atoms with E-state index in [1.165, 1.54) is 17.7 Å². The molecular weight excluding hydrogens is 399 g/mol. The fourth-order valence-corrected chi connectivity index (χ4v) is 3.95. The predicted molar refractivity (Wildman–Crippen MR) is 121 cm³/mol. The summed E-state index contributed by atoms with van der Waals surface area (Å²) in [6.07, 6.45) is 1.69. The molecule has 2 amide bonds. The summed E-state index contributed by atoms with van der Waals surface area (Å²) >= 11 is 1.63. The molecule has 0 unspecified atom stereocenters. The van der Waals surface area contributed by atoms with Gasteiger partial charge in [0.25, 0.3) is 0 Å². The molecule has 162 valence electrons. The van der Waals surface area contributed by atoms with Gasteiger partial charge < -0.3 is 10.2 Å². The number of hydrogen-bond donors (Lipinski definition) is 1. The van der Waals surface area contributed by atoms with Crippen molar-refractivity contribution in [3.8, 4) is 0 Å². The number of rotatable bonds is 11. The first-order valence-electron chi connectivity index (χ1n) is 10.5. The van der Waals surface area contributed by atoms with Gasteiger partial charge in [0, 0.05) is 30.2 Å². The topological polar surface area (TPSA) is 49.4 Å². The van der Waals surface area contributed by atoms with Crippen LogP contribution in [0.25, 0.3) is 0 Å². The summed E-state index contributed by atoms with van der Waals surface area (Å²) in [5.41, 5.74) is 2.00. The average Bonchev–Trinajstić information content (AvgIpc) is 2.74. The minimum absolute atomic E-state index is 0.0718. The van der Waals surface area contributed by atoms with Crippen molar-refractivity contribution in [2.75, 3.05) is 12.3 Å². The Morgan fingerprint density at radius 1 is 1.07 bits per heavy atom. The number of carbonyl (C=O) groups is 2. The Kier molecular flexibility index (Phi) is 9.87. The lowest BCUT2D eigenvalue weighted by molar-refractivity contribution is -0.141. The summed E-state index contributed by atoms with van der Waals surface area (Å²) in [4.78, 5) is 28.5. The van der Waals surface area contributed by atoms with Crippen LogP contribution in [0.2, 0.25) is 0 Å². The summed E-state index contributed by atoms with van der Waals surface area (Å²) in [5, 5.41) is 2.90. The van der Waals surface area contributed by atoms with Crippen molar-refractivity contribution in [2.24, 2.45) is 0 Å².